The Kier molecular flexibility index (Phi) is 10.8. The highest BCUT2D eigenvalue weighted by Crippen LogP contribution is 2.21. The second-order valence-corrected chi connectivity index (χ2v) is 10.5. The molecule has 0 aliphatic carbocycles. The van der Waals surface area contributed by atoms with Gasteiger partial charge < -0.3 is 10.2 Å². The number of benzene rings is 3. The molecule has 0 fully saturated rings. The van der Waals surface area contributed by atoms with Crippen LogP contribution in [0, 0.1) is 11.7 Å². The molecule has 0 saturated carbocycles. The number of halogens is 2. The topological polar surface area (TPSA) is 49.4 Å². The number of hydrogen-bond donors (Lipinski definition) is 1. The molecule has 3 aromatic rings. The first-order valence-corrected chi connectivity index (χ1v) is 13.5. The van der Waals surface area contributed by atoms with E-state index in [4.69, 9.17) is 11.6 Å². The van der Waals surface area contributed by atoms with Gasteiger partial charge in [0.2, 0.25) is 11.8 Å². The van der Waals surface area contributed by atoms with Crippen molar-refractivity contribution in [1.82, 2.24) is 10.2 Å². The molecule has 0 radical (unpaired) electrons. The van der Waals surface area contributed by atoms with Gasteiger partial charge in [0.25, 0.3) is 0 Å². The molecular weight excluding hydrogens is 495 g/mol. The first-order chi connectivity index (χ1) is 17.3. The summed E-state index contributed by atoms with van der Waals surface area (Å²) in [7, 11) is 0. The van der Waals surface area contributed by atoms with Gasteiger partial charge in [-0.25, -0.2) is 4.39 Å². The summed E-state index contributed by atoms with van der Waals surface area (Å²) in [5.74, 6) is 0.103. The average molecular weight is 527 g/mol. The smallest absolute Gasteiger partial charge is 0.243 e. The third kappa shape index (κ3) is 8.68. The van der Waals surface area contributed by atoms with Gasteiger partial charge >= 0.3 is 0 Å². The van der Waals surface area contributed by atoms with Crippen molar-refractivity contribution in [3.63, 3.8) is 0 Å². The highest BCUT2D eigenvalue weighted by Gasteiger charge is 2.30. The van der Waals surface area contributed by atoms with Gasteiger partial charge in [-0.2, -0.15) is 0 Å². The average Bonchev–Trinajstić information content (AvgIpc) is 2.86. The molecule has 1 atom stereocenters. The van der Waals surface area contributed by atoms with E-state index in [1.165, 1.54) is 17.8 Å². The molecule has 1 N–H and O–H groups in total. The van der Waals surface area contributed by atoms with E-state index < -0.39 is 6.04 Å². The maximum Gasteiger partial charge on any atom is 0.243 e. The van der Waals surface area contributed by atoms with Gasteiger partial charge in [0.15, 0.2) is 0 Å². The lowest BCUT2D eigenvalue weighted by atomic mass is 10.0. The molecule has 0 aliphatic heterocycles. The van der Waals surface area contributed by atoms with Crippen LogP contribution in [0.5, 0.6) is 0 Å². The van der Waals surface area contributed by atoms with Gasteiger partial charge in [-0.1, -0.05) is 86.1 Å². The van der Waals surface area contributed by atoms with Crippen LogP contribution in [0.4, 0.5) is 4.39 Å². The molecule has 4 nitrogen and oxygen atoms in total. The zero-order valence-corrected chi connectivity index (χ0v) is 22.2. The quantitative estimate of drug-likeness (QED) is 0.309. The van der Waals surface area contributed by atoms with E-state index in [0.717, 1.165) is 11.1 Å². The van der Waals surface area contributed by atoms with Crippen LogP contribution in [-0.4, -0.2) is 35.1 Å². The molecule has 3 aromatic carbocycles. The van der Waals surface area contributed by atoms with E-state index in [9.17, 15) is 14.0 Å². The minimum Gasteiger partial charge on any atom is -0.354 e. The fourth-order valence-corrected chi connectivity index (χ4v) is 4.86. The number of amides is 2. The van der Waals surface area contributed by atoms with Crippen LogP contribution in [0.25, 0.3) is 0 Å². The van der Waals surface area contributed by atoms with Crippen molar-refractivity contribution in [2.24, 2.45) is 5.92 Å². The molecule has 0 aliphatic rings. The molecule has 1 unspecified atom stereocenters. The summed E-state index contributed by atoms with van der Waals surface area (Å²) in [5.41, 5.74) is 2.35. The molecule has 7 heteroatoms. The Bertz CT molecular complexity index is 1140. The summed E-state index contributed by atoms with van der Waals surface area (Å²) in [6.45, 7) is 4.82. The monoisotopic (exact) mass is 526 g/mol. The Morgan fingerprint density at radius 1 is 0.972 bits per heavy atom. The van der Waals surface area contributed by atoms with E-state index in [1.54, 1.807) is 35.2 Å². The molecule has 3 rings (SSSR count). The zero-order chi connectivity index (χ0) is 25.9. The van der Waals surface area contributed by atoms with Crippen molar-refractivity contribution in [2.75, 3.05) is 12.3 Å². The summed E-state index contributed by atoms with van der Waals surface area (Å²) < 4.78 is 14.1. The van der Waals surface area contributed by atoms with Crippen molar-refractivity contribution in [1.29, 1.82) is 0 Å². The molecule has 36 heavy (non-hydrogen) atoms. The van der Waals surface area contributed by atoms with E-state index in [1.807, 2.05) is 56.3 Å². The Morgan fingerprint density at radius 3 is 2.36 bits per heavy atom. The molecular formula is C29H32ClFN2O2S. The third-order valence-electron chi connectivity index (χ3n) is 5.64. The second kappa shape index (κ2) is 14.0. The summed E-state index contributed by atoms with van der Waals surface area (Å²) in [6, 6.07) is 22.8. The number of rotatable bonds is 12. The predicted molar refractivity (Wildman–Crippen MR) is 146 cm³/mol. The summed E-state index contributed by atoms with van der Waals surface area (Å²) in [6.07, 6.45) is 0.384. The van der Waals surface area contributed by atoms with Crippen LogP contribution >= 0.6 is 23.4 Å². The van der Waals surface area contributed by atoms with Crippen LogP contribution < -0.4 is 5.32 Å². The summed E-state index contributed by atoms with van der Waals surface area (Å²) in [4.78, 5) is 28.6. The van der Waals surface area contributed by atoms with Crippen LogP contribution in [0.3, 0.4) is 0 Å². The van der Waals surface area contributed by atoms with Crippen molar-refractivity contribution < 1.29 is 14.0 Å². The summed E-state index contributed by atoms with van der Waals surface area (Å²) >= 11 is 7.54. The molecule has 0 heterocycles. The van der Waals surface area contributed by atoms with Crippen LogP contribution in [-0.2, 0) is 28.3 Å². The van der Waals surface area contributed by atoms with Crippen LogP contribution in [0.2, 0.25) is 5.02 Å². The highest BCUT2D eigenvalue weighted by atomic mass is 35.5. The van der Waals surface area contributed by atoms with Crippen molar-refractivity contribution >= 4 is 35.2 Å². The number of thioether (sulfide) groups is 1. The molecule has 0 saturated heterocycles. The number of nitrogens with one attached hydrogen (secondary N) is 1. The first kappa shape index (κ1) is 27.8. The van der Waals surface area contributed by atoms with Gasteiger partial charge in [-0.05, 0) is 40.8 Å². The van der Waals surface area contributed by atoms with Gasteiger partial charge in [-0.15, -0.1) is 11.8 Å². The first-order valence-electron chi connectivity index (χ1n) is 12.0. The normalized spacial score (nSPS) is 11.8. The van der Waals surface area contributed by atoms with Crippen LogP contribution in [0.1, 0.15) is 30.5 Å². The lowest BCUT2D eigenvalue weighted by Crippen LogP contribution is -2.51. The maximum atomic E-state index is 14.1. The largest absolute Gasteiger partial charge is 0.354 e. The molecule has 190 valence electrons. The lowest BCUT2D eigenvalue weighted by Gasteiger charge is -2.32. The van der Waals surface area contributed by atoms with Crippen molar-refractivity contribution in [3.8, 4) is 0 Å². The number of carbonyl (C=O) groups is 2. The molecule has 0 bridgehead atoms. The second-order valence-electron chi connectivity index (χ2n) is 9.08. The molecule has 0 spiro atoms. The maximum absolute atomic E-state index is 14.1. The summed E-state index contributed by atoms with van der Waals surface area (Å²) in [5, 5.41) is 3.58. The van der Waals surface area contributed by atoms with Crippen molar-refractivity contribution in [3.05, 3.63) is 106 Å². The SMILES string of the molecule is CC(C)CNC(=O)C(Cc1ccccc1)N(Cc1cccc(Cl)c1)C(=O)CSCc1ccccc1F. The van der Waals surface area contributed by atoms with Crippen molar-refractivity contribution in [2.45, 2.75) is 38.6 Å². The van der Waals surface area contributed by atoms with Gasteiger partial charge in [0, 0.05) is 30.3 Å². The minimum absolute atomic E-state index is 0.123. The van der Waals surface area contributed by atoms with E-state index >= 15 is 0 Å². The number of carbonyl (C=O) groups excluding carboxylic acids is 2. The van der Waals surface area contributed by atoms with Gasteiger partial charge in [-0.3, -0.25) is 9.59 Å². The predicted octanol–water partition coefficient (Wildman–Crippen LogP) is 6.12. The zero-order valence-electron chi connectivity index (χ0n) is 20.6. The third-order valence-corrected chi connectivity index (χ3v) is 6.84. The van der Waals surface area contributed by atoms with E-state index in [2.05, 4.69) is 5.32 Å². The molecule has 2 amide bonds. The standard InChI is InChI=1S/C29H32ClFN2O2S/c1-21(2)17-32-29(35)27(16-22-9-4-3-5-10-22)33(18-23-11-8-13-25(30)15-23)28(34)20-36-19-24-12-6-7-14-26(24)31/h3-15,21,27H,16-20H2,1-2H3,(H,32,35). The Balaban J connectivity index is 1.85. The van der Waals surface area contributed by atoms with Crippen LogP contribution in [0.15, 0.2) is 78.9 Å². The Morgan fingerprint density at radius 2 is 1.67 bits per heavy atom. The lowest BCUT2D eigenvalue weighted by molar-refractivity contribution is -0.139. The molecule has 0 aromatic heterocycles. The van der Waals surface area contributed by atoms with E-state index in [-0.39, 0.29) is 35.8 Å². The Hall–Kier alpha value is -2.83. The fraction of sp³-hybridized carbons (Fsp3) is 0.310. The van der Waals surface area contributed by atoms with E-state index in [0.29, 0.717) is 29.3 Å². The highest BCUT2D eigenvalue weighted by molar-refractivity contribution is 7.99. The Labute approximate surface area is 222 Å². The number of hydrogen-bond acceptors (Lipinski definition) is 3. The minimum atomic E-state index is -0.702. The number of nitrogens with zero attached hydrogens (tertiary/aromatic N) is 1. The van der Waals surface area contributed by atoms with Gasteiger partial charge in [0.1, 0.15) is 11.9 Å². The van der Waals surface area contributed by atoms with Gasteiger partial charge in [0.05, 0.1) is 5.75 Å². The fourth-order valence-electron chi connectivity index (χ4n) is 3.76.